The molecule has 2 atom stereocenters. The Kier molecular flexibility index (Phi) is 4.55. The van der Waals surface area contributed by atoms with Gasteiger partial charge in [-0.2, -0.15) is 13.2 Å². The number of anilines is 1. The number of fused-ring (bicyclic) bond motifs is 1. The molecule has 1 saturated heterocycles. The van der Waals surface area contributed by atoms with Crippen LogP contribution in [0.3, 0.4) is 0 Å². The Bertz CT molecular complexity index is 1020. The number of benzene rings is 2. The van der Waals surface area contributed by atoms with Crippen LogP contribution in [0.2, 0.25) is 0 Å². The van der Waals surface area contributed by atoms with E-state index in [1.54, 1.807) is 0 Å². The molecule has 2 aliphatic rings. The molecule has 0 bridgehead atoms. The number of carbonyl (C=O) groups excluding carboxylic acids is 2. The second kappa shape index (κ2) is 6.85. The molecule has 2 amide bonds. The van der Waals surface area contributed by atoms with E-state index >= 15 is 0 Å². The summed E-state index contributed by atoms with van der Waals surface area (Å²) < 4.78 is 74.4. The Morgan fingerprint density at radius 1 is 1.13 bits per heavy atom. The average Bonchev–Trinajstić information content (AvgIpc) is 3.20. The van der Waals surface area contributed by atoms with Crippen molar-refractivity contribution in [3.8, 4) is 11.5 Å². The predicted octanol–water partition coefficient (Wildman–Crippen LogP) is 3.50. The normalized spacial score (nSPS) is 22.0. The fraction of sp³-hybridized carbons (Fsp3) is 0.263. The zero-order chi connectivity index (χ0) is 21.7. The summed E-state index contributed by atoms with van der Waals surface area (Å²) >= 11 is 0. The zero-order valence-electron chi connectivity index (χ0n) is 14.9. The highest BCUT2D eigenvalue weighted by atomic mass is 19.4. The van der Waals surface area contributed by atoms with Crippen LogP contribution in [0.5, 0.6) is 11.5 Å². The number of rotatable bonds is 3. The van der Waals surface area contributed by atoms with E-state index in [1.807, 2.05) is 0 Å². The van der Waals surface area contributed by atoms with Crippen molar-refractivity contribution in [2.45, 2.75) is 18.4 Å². The number of carbonyl (C=O) groups is 2. The van der Waals surface area contributed by atoms with Crippen LogP contribution in [0.15, 0.2) is 42.5 Å². The van der Waals surface area contributed by atoms with Gasteiger partial charge in [-0.15, -0.1) is 8.78 Å². The molecule has 0 aliphatic carbocycles. The van der Waals surface area contributed by atoms with E-state index in [1.165, 1.54) is 30.3 Å². The molecule has 158 valence electrons. The van der Waals surface area contributed by atoms with E-state index < -0.39 is 47.4 Å². The molecular formula is C19H13F5N2O4. The van der Waals surface area contributed by atoms with Gasteiger partial charge in [0.2, 0.25) is 11.8 Å². The number of alkyl halides is 5. The lowest BCUT2D eigenvalue weighted by atomic mass is 9.87. The number of para-hydroxylation sites is 1. The van der Waals surface area contributed by atoms with Gasteiger partial charge in [-0.3, -0.25) is 9.59 Å². The van der Waals surface area contributed by atoms with E-state index in [4.69, 9.17) is 0 Å². The summed E-state index contributed by atoms with van der Waals surface area (Å²) in [4.78, 5) is 25.0. The van der Waals surface area contributed by atoms with Crippen molar-refractivity contribution >= 4 is 17.5 Å². The predicted molar refractivity (Wildman–Crippen MR) is 92.0 cm³/mol. The minimum absolute atomic E-state index is 0.0528. The standard InChI is InChI=1S/C19H13F5N2O4/c20-18(21,22)10-4-1-3-9(7-10)11-8-25-16(27)14(11)17(28)26-12-5-2-6-13-15(12)30-19(23,24)29-13/h1-7,11,14H,8H2,(H,25,27)(H,26,28)/t11-,14-/m1/s1. The molecule has 11 heteroatoms. The van der Waals surface area contributed by atoms with Crippen molar-refractivity contribution < 1.29 is 41.0 Å². The molecule has 2 aromatic carbocycles. The summed E-state index contributed by atoms with van der Waals surface area (Å²) in [6, 6.07) is 8.15. The minimum Gasteiger partial charge on any atom is -0.395 e. The van der Waals surface area contributed by atoms with Crippen LogP contribution in [-0.2, 0) is 15.8 Å². The lowest BCUT2D eigenvalue weighted by Crippen LogP contribution is -2.32. The van der Waals surface area contributed by atoms with Gasteiger partial charge in [0.25, 0.3) is 0 Å². The Hall–Kier alpha value is -3.37. The van der Waals surface area contributed by atoms with Crippen LogP contribution >= 0.6 is 0 Å². The van der Waals surface area contributed by atoms with Crippen LogP contribution in [-0.4, -0.2) is 24.7 Å². The first-order chi connectivity index (χ1) is 14.0. The maximum atomic E-state index is 13.3. The summed E-state index contributed by atoms with van der Waals surface area (Å²) in [6.45, 7) is -0.0528. The zero-order valence-corrected chi connectivity index (χ0v) is 14.9. The van der Waals surface area contributed by atoms with Gasteiger partial charge in [-0.25, -0.2) is 0 Å². The third kappa shape index (κ3) is 3.62. The summed E-state index contributed by atoms with van der Waals surface area (Å²) in [5, 5.41) is 4.79. The molecule has 0 saturated carbocycles. The third-order valence-corrected chi connectivity index (χ3v) is 4.79. The summed E-state index contributed by atoms with van der Waals surface area (Å²) in [5.41, 5.74) is -0.919. The van der Waals surface area contributed by atoms with Crippen molar-refractivity contribution in [2.24, 2.45) is 5.92 Å². The largest absolute Gasteiger partial charge is 0.586 e. The van der Waals surface area contributed by atoms with Gasteiger partial charge in [0, 0.05) is 12.5 Å². The summed E-state index contributed by atoms with van der Waals surface area (Å²) in [6.07, 6.45) is -8.49. The van der Waals surface area contributed by atoms with Gasteiger partial charge in [0.15, 0.2) is 11.5 Å². The fourth-order valence-electron chi connectivity index (χ4n) is 3.46. The van der Waals surface area contributed by atoms with Gasteiger partial charge in [0.1, 0.15) is 5.92 Å². The van der Waals surface area contributed by atoms with Crippen LogP contribution in [0, 0.1) is 5.92 Å². The molecular weight excluding hydrogens is 415 g/mol. The lowest BCUT2D eigenvalue weighted by molar-refractivity contribution is -0.286. The van der Waals surface area contributed by atoms with Gasteiger partial charge in [-0.1, -0.05) is 24.3 Å². The van der Waals surface area contributed by atoms with Crippen molar-refractivity contribution in [3.63, 3.8) is 0 Å². The maximum Gasteiger partial charge on any atom is 0.586 e. The van der Waals surface area contributed by atoms with Gasteiger partial charge >= 0.3 is 12.5 Å². The Labute approximate surface area is 166 Å². The summed E-state index contributed by atoms with van der Waals surface area (Å²) in [7, 11) is 0. The number of hydrogen-bond donors (Lipinski definition) is 2. The number of amides is 2. The molecule has 0 radical (unpaired) electrons. The van der Waals surface area contributed by atoms with Crippen molar-refractivity contribution in [3.05, 3.63) is 53.6 Å². The van der Waals surface area contributed by atoms with Gasteiger partial charge < -0.3 is 20.1 Å². The van der Waals surface area contributed by atoms with Crippen LogP contribution in [0.25, 0.3) is 0 Å². The molecule has 4 rings (SSSR count). The molecule has 1 fully saturated rings. The molecule has 0 spiro atoms. The first kappa shape index (κ1) is 19.9. The van der Waals surface area contributed by atoms with Gasteiger partial charge in [0.05, 0.1) is 11.3 Å². The van der Waals surface area contributed by atoms with E-state index in [9.17, 15) is 31.5 Å². The monoisotopic (exact) mass is 428 g/mol. The number of hydrogen-bond acceptors (Lipinski definition) is 4. The molecule has 6 nitrogen and oxygen atoms in total. The first-order valence-electron chi connectivity index (χ1n) is 8.70. The van der Waals surface area contributed by atoms with Crippen molar-refractivity contribution in [2.75, 3.05) is 11.9 Å². The molecule has 0 unspecified atom stereocenters. The Morgan fingerprint density at radius 3 is 2.60 bits per heavy atom. The smallest absolute Gasteiger partial charge is 0.395 e. The molecule has 2 heterocycles. The molecule has 2 N–H and O–H groups in total. The average molecular weight is 428 g/mol. The number of nitrogens with one attached hydrogen (secondary N) is 2. The number of ether oxygens (including phenoxy) is 2. The van der Waals surface area contributed by atoms with Crippen LogP contribution in [0.1, 0.15) is 17.0 Å². The molecule has 0 aromatic heterocycles. The van der Waals surface area contributed by atoms with Crippen molar-refractivity contribution in [1.82, 2.24) is 5.32 Å². The molecule has 2 aliphatic heterocycles. The fourth-order valence-corrected chi connectivity index (χ4v) is 3.46. The van der Waals surface area contributed by atoms with Gasteiger partial charge in [-0.05, 0) is 23.8 Å². The second-order valence-corrected chi connectivity index (χ2v) is 6.74. The Balaban J connectivity index is 1.60. The first-order valence-corrected chi connectivity index (χ1v) is 8.70. The maximum absolute atomic E-state index is 13.3. The topological polar surface area (TPSA) is 76.7 Å². The van der Waals surface area contributed by atoms with E-state index in [0.29, 0.717) is 0 Å². The molecule has 30 heavy (non-hydrogen) atoms. The van der Waals surface area contributed by atoms with E-state index in [2.05, 4.69) is 20.1 Å². The number of halogens is 5. The summed E-state index contributed by atoms with van der Waals surface area (Å²) in [5.74, 6) is -4.53. The highest BCUT2D eigenvalue weighted by Gasteiger charge is 2.46. The lowest BCUT2D eigenvalue weighted by Gasteiger charge is -2.18. The Morgan fingerprint density at radius 2 is 1.87 bits per heavy atom. The second-order valence-electron chi connectivity index (χ2n) is 6.74. The van der Waals surface area contributed by atoms with Crippen LogP contribution < -0.4 is 20.1 Å². The van der Waals surface area contributed by atoms with Crippen LogP contribution in [0.4, 0.5) is 27.6 Å². The third-order valence-electron chi connectivity index (χ3n) is 4.79. The minimum atomic E-state index is -4.59. The van der Waals surface area contributed by atoms with Crippen molar-refractivity contribution in [1.29, 1.82) is 0 Å². The quantitative estimate of drug-likeness (QED) is 0.580. The highest BCUT2D eigenvalue weighted by Crippen LogP contribution is 2.46. The SMILES string of the molecule is O=C1NC[C@H](c2cccc(C(F)(F)F)c2)[C@H]1C(=O)Nc1cccc2c1OC(F)(F)O2. The highest BCUT2D eigenvalue weighted by molar-refractivity contribution is 6.09. The molecule has 2 aromatic rings. The van der Waals surface area contributed by atoms with E-state index in [-0.39, 0.29) is 23.5 Å². The van der Waals surface area contributed by atoms with E-state index in [0.717, 1.165) is 12.1 Å².